The number of carbonyl (C=O) groups excluding carboxylic acids is 1. The lowest BCUT2D eigenvalue weighted by Gasteiger charge is -2.18. The molecule has 10 heteroatoms. The summed E-state index contributed by atoms with van der Waals surface area (Å²) in [5, 5.41) is 9.10. The molecule has 2 atom stereocenters. The van der Waals surface area contributed by atoms with Gasteiger partial charge in [-0.15, -0.1) is 0 Å². The largest absolute Gasteiger partial charge is 0.497 e. The van der Waals surface area contributed by atoms with Gasteiger partial charge >= 0.3 is 12.1 Å². The number of nitrogens with zero attached hydrogens (tertiary/aromatic N) is 2. The predicted octanol–water partition coefficient (Wildman–Crippen LogP) is 2.73. The van der Waals surface area contributed by atoms with E-state index in [4.69, 9.17) is 9.84 Å². The van der Waals surface area contributed by atoms with Crippen molar-refractivity contribution in [3.63, 3.8) is 0 Å². The van der Waals surface area contributed by atoms with Crippen molar-refractivity contribution in [1.82, 2.24) is 14.9 Å². The van der Waals surface area contributed by atoms with Crippen molar-refractivity contribution < 1.29 is 32.6 Å². The average molecular weight is 397 g/mol. The topological polar surface area (TPSA) is 95.5 Å². The van der Waals surface area contributed by atoms with E-state index in [9.17, 15) is 22.8 Å². The summed E-state index contributed by atoms with van der Waals surface area (Å²) in [6.45, 7) is 0.356. The van der Waals surface area contributed by atoms with Gasteiger partial charge in [0.15, 0.2) is 0 Å². The number of nitrogens with one attached hydrogen (secondary N) is 1. The number of imidazole rings is 1. The molecule has 1 aromatic carbocycles. The minimum absolute atomic E-state index is 0.0372. The SMILES string of the molecule is COc1cccc(-c2nc(C(=O)N3C[C@@H](C(F)(F)F)[C@H](C(=O)O)C3)c(C)[nH]2)c1. The fourth-order valence-corrected chi connectivity index (χ4v) is 3.28. The molecule has 7 nitrogen and oxygen atoms in total. The third kappa shape index (κ3) is 3.67. The fourth-order valence-electron chi connectivity index (χ4n) is 3.28. The van der Waals surface area contributed by atoms with Crippen molar-refractivity contribution in [1.29, 1.82) is 0 Å². The third-order valence-electron chi connectivity index (χ3n) is 4.78. The number of likely N-dealkylation sites (tertiary alicyclic amines) is 1. The Balaban J connectivity index is 1.87. The number of ether oxygens (including phenoxy) is 1. The van der Waals surface area contributed by atoms with Gasteiger partial charge in [-0.25, -0.2) is 4.98 Å². The zero-order valence-corrected chi connectivity index (χ0v) is 15.1. The zero-order chi connectivity index (χ0) is 20.6. The number of methoxy groups -OCH3 is 1. The Hall–Kier alpha value is -3.04. The molecule has 1 fully saturated rings. The summed E-state index contributed by atoms with van der Waals surface area (Å²) >= 11 is 0. The number of H-pyrrole nitrogens is 1. The number of alkyl halides is 3. The van der Waals surface area contributed by atoms with Crippen LogP contribution in [0.3, 0.4) is 0 Å². The van der Waals surface area contributed by atoms with Gasteiger partial charge in [0.1, 0.15) is 17.3 Å². The smallest absolute Gasteiger partial charge is 0.394 e. The first-order chi connectivity index (χ1) is 13.1. The summed E-state index contributed by atoms with van der Waals surface area (Å²) in [6, 6.07) is 6.91. The van der Waals surface area contributed by atoms with Crippen LogP contribution in [0.15, 0.2) is 24.3 Å². The van der Waals surface area contributed by atoms with Gasteiger partial charge in [-0.2, -0.15) is 13.2 Å². The number of carbonyl (C=O) groups is 2. The molecule has 0 radical (unpaired) electrons. The van der Waals surface area contributed by atoms with Gasteiger partial charge in [-0.1, -0.05) is 12.1 Å². The number of benzene rings is 1. The maximum atomic E-state index is 13.2. The van der Waals surface area contributed by atoms with Gasteiger partial charge in [0, 0.05) is 24.3 Å². The molecule has 2 aromatic rings. The number of hydrogen-bond donors (Lipinski definition) is 2. The number of aromatic amines is 1. The predicted molar refractivity (Wildman–Crippen MR) is 91.9 cm³/mol. The highest BCUT2D eigenvalue weighted by atomic mass is 19.4. The molecule has 0 saturated carbocycles. The molecular formula is C18H18F3N3O4. The minimum atomic E-state index is -4.70. The van der Waals surface area contributed by atoms with Crippen LogP contribution in [0.4, 0.5) is 13.2 Å². The molecule has 1 amide bonds. The molecule has 150 valence electrons. The first-order valence-corrected chi connectivity index (χ1v) is 8.41. The van der Waals surface area contributed by atoms with Crippen molar-refractivity contribution >= 4 is 11.9 Å². The standard InChI is InChI=1S/C18H18F3N3O4/c1-9-14(23-15(22-9)10-4-3-5-11(6-10)28-2)16(25)24-7-12(17(26)27)13(8-24)18(19,20)21/h3-6,12-13H,7-8H2,1-2H3,(H,22,23)(H,26,27)/t12-,13-/m1/s1. The van der Waals surface area contributed by atoms with Gasteiger partial charge < -0.3 is 19.7 Å². The van der Waals surface area contributed by atoms with E-state index in [1.807, 2.05) is 0 Å². The maximum absolute atomic E-state index is 13.2. The molecule has 28 heavy (non-hydrogen) atoms. The zero-order valence-electron chi connectivity index (χ0n) is 15.1. The Labute approximate surface area is 158 Å². The van der Waals surface area contributed by atoms with Gasteiger partial charge in [0.05, 0.1) is 18.9 Å². The van der Waals surface area contributed by atoms with Crippen molar-refractivity contribution in [2.45, 2.75) is 13.1 Å². The van der Waals surface area contributed by atoms with E-state index in [1.54, 1.807) is 31.2 Å². The van der Waals surface area contributed by atoms with Crippen molar-refractivity contribution in [2.75, 3.05) is 20.2 Å². The summed E-state index contributed by atoms with van der Waals surface area (Å²) in [5.41, 5.74) is 0.981. The van der Waals surface area contributed by atoms with E-state index in [0.717, 1.165) is 4.90 Å². The second-order valence-electron chi connectivity index (χ2n) is 6.59. The molecule has 1 aliphatic heterocycles. The molecule has 0 aliphatic carbocycles. The van der Waals surface area contributed by atoms with Gasteiger partial charge in [0.2, 0.25) is 0 Å². The quantitative estimate of drug-likeness (QED) is 0.827. The number of aliphatic carboxylic acids is 1. The lowest BCUT2D eigenvalue weighted by atomic mass is 9.96. The van der Waals surface area contributed by atoms with Crippen LogP contribution in [-0.2, 0) is 4.79 Å². The lowest BCUT2D eigenvalue weighted by molar-refractivity contribution is -0.187. The second kappa shape index (κ2) is 7.17. The van der Waals surface area contributed by atoms with Crippen LogP contribution in [-0.4, -0.2) is 58.2 Å². The fraction of sp³-hybridized carbons (Fsp3) is 0.389. The number of carboxylic acid groups (broad SMARTS) is 1. The normalized spacial score (nSPS) is 19.7. The summed E-state index contributed by atoms with van der Waals surface area (Å²) in [4.78, 5) is 32.0. The Bertz CT molecular complexity index is 910. The monoisotopic (exact) mass is 397 g/mol. The summed E-state index contributed by atoms with van der Waals surface area (Å²) in [7, 11) is 1.50. The summed E-state index contributed by atoms with van der Waals surface area (Å²) in [5.74, 6) is -5.17. The molecule has 0 bridgehead atoms. The van der Waals surface area contributed by atoms with Crippen LogP contribution in [0.5, 0.6) is 5.75 Å². The van der Waals surface area contributed by atoms with Crippen LogP contribution >= 0.6 is 0 Å². The number of hydrogen-bond acceptors (Lipinski definition) is 4. The molecule has 2 N–H and O–H groups in total. The Morgan fingerprint density at radius 2 is 2.04 bits per heavy atom. The molecule has 0 unspecified atom stereocenters. The van der Waals surface area contributed by atoms with Crippen LogP contribution in [0.2, 0.25) is 0 Å². The van der Waals surface area contributed by atoms with Crippen LogP contribution in [0.1, 0.15) is 16.2 Å². The highest BCUT2D eigenvalue weighted by molar-refractivity contribution is 5.94. The van der Waals surface area contributed by atoms with Crippen LogP contribution < -0.4 is 4.74 Å². The summed E-state index contributed by atoms with van der Waals surface area (Å²) in [6.07, 6.45) is -4.70. The molecule has 3 rings (SSSR count). The first-order valence-electron chi connectivity index (χ1n) is 8.41. The highest BCUT2D eigenvalue weighted by Crippen LogP contribution is 2.38. The molecule has 1 aliphatic rings. The number of amides is 1. The van der Waals surface area contributed by atoms with Crippen LogP contribution in [0, 0.1) is 18.8 Å². The Kier molecular flexibility index (Phi) is 5.05. The first kappa shape index (κ1) is 19.7. The van der Waals surface area contributed by atoms with Gasteiger partial charge in [0.25, 0.3) is 5.91 Å². The molecule has 0 spiro atoms. The van der Waals surface area contributed by atoms with Crippen molar-refractivity contribution in [3.8, 4) is 17.1 Å². The van der Waals surface area contributed by atoms with E-state index in [-0.39, 0.29) is 5.69 Å². The van der Waals surface area contributed by atoms with Crippen molar-refractivity contribution in [3.05, 3.63) is 35.7 Å². The van der Waals surface area contributed by atoms with E-state index < -0.39 is 43.0 Å². The highest BCUT2D eigenvalue weighted by Gasteiger charge is 2.53. The number of rotatable bonds is 4. The lowest BCUT2D eigenvalue weighted by Crippen LogP contribution is -2.34. The number of carboxylic acids is 1. The Morgan fingerprint density at radius 3 is 2.61 bits per heavy atom. The Morgan fingerprint density at radius 1 is 1.32 bits per heavy atom. The maximum Gasteiger partial charge on any atom is 0.394 e. The molecule has 2 heterocycles. The van der Waals surface area contributed by atoms with E-state index in [0.29, 0.717) is 22.8 Å². The molecule has 1 saturated heterocycles. The number of aromatic nitrogens is 2. The second-order valence-corrected chi connectivity index (χ2v) is 6.59. The van der Waals surface area contributed by atoms with Gasteiger partial charge in [-0.05, 0) is 19.1 Å². The van der Waals surface area contributed by atoms with E-state index in [2.05, 4.69) is 9.97 Å². The van der Waals surface area contributed by atoms with E-state index in [1.165, 1.54) is 7.11 Å². The van der Waals surface area contributed by atoms with Crippen LogP contribution in [0.25, 0.3) is 11.4 Å². The number of aryl methyl sites for hydroxylation is 1. The van der Waals surface area contributed by atoms with Crippen molar-refractivity contribution in [2.24, 2.45) is 11.8 Å². The molecular weight excluding hydrogens is 379 g/mol. The summed E-state index contributed by atoms with van der Waals surface area (Å²) < 4.78 is 44.6. The number of halogens is 3. The van der Waals surface area contributed by atoms with Gasteiger partial charge in [-0.3, -0.25) is 9.59 Å². The minimum Gasteiger partial charge on any atom is -0.497 e. The molecule has 1 aromatic heterocycles. The average Bonchev–Trinajstić information content (AvgIpc) is 3.25. The van der Waals surface area contributed by atoms with E-state index >= 15 is 0 Å². The third-order valence-corrected chi connectivity index (χ3v) is 4.78.